The second-order valence-corrected chi connectivity index (χ2v) is 14.5. The van der Waals surface area contributed by atoms with Crippen molar-refractivity contribution in [3.05, 3.63) is 60.6 Å². The molecule has 0 spiro atoms. The number of benzene rings is 2. The summed E-state index contributed by atoms with van der Waals surface area (Å²) in [5.41, 5.74) is 1.13. The molecule has 0 unspecified atom stereocenters. The maximum atomic E-state index is 14.4. The van der Waals surface area contributed by atoms with Crippen molar-refractivity contribution in [2.24, 2.45) is 13.0 Å². The number of carbonyl (C=O) groups is 2. The van der Waals surface area contributed by atoms with Crippen molar-refractivity contribution in [2.75, 3.05) is 51.1 Å². The van der Waals surface area contributed by atoms with E-state index in [9.17, 15) is 23.1 Å². The average Bonchev–Trinajstić information content (AvgIpc) is 3.53. The van der Waals surface area contributed by atoms with Gasteiger partial charge >= 0.3 is 6.03 Å². The third-order valence-electron chi connectivity index (χ3n) is 8.45. The predicted molar refractivity (Wildman–Crippen MR) is 186 cm³/mol. The molecule has 0 bridgehead atoms. The number of aliphatic hydroxyl groups is 1. The van der Waals surface area contributed by atoms with Gasteiger partial charge in [-0.15, -0.1) is 0 Å². The minimum atomic E-state index is -3.89. The molecule has 14 nitrogen and oxygen atoms in total. The fraction of sp³-hybridized carbons (Fsp3) is 0.500. The quantitative estimate of drug-likeness (QED) is 0.297. The zero-order chi connectivity index (χ0) is 35.7. The van der Waals surface area contributed by atoms with Crippen molar-refractivity contribution in [3.8, 4) is 11.5 Å². The Morgan fingerprint density at radius 2 is 1.84 bits per heavy atom. The number of amides is 3. The number of likely N-dealkylation sites (N-methyl/N-ethyl adjacent to an activating group) is 1. The van der Waals surface area contributed by atoms with E-state index in [-0.39, 0.29) is 42.3 Å². The van der Waals surface area contributed by atoms with Gasteiger partial charge < -0.3 is 39.4 Å². The van der Waals surface area contributed by atoms with E-state index in [0.717, 1.165) is 12.8 Å². The average molecular weight is 701 g/mol. The van der Waals surface area contributed by atoms with Crippen LogP contribution in [0.25, 0.3) is 0 Å². The van der Waals surface area contributed by atoms with Crippen LogP contribution in [-0.4, -0.2) is 103 Å². The van der Waals surface area contributed by atoms with Crippen LogP contribution in [-0.2, 0) is 21.8 Å². The number of carbonyl (C=O) groups excluding carboxylic acids is 2. The molecule has 0 saturated heterocycles. The molecule has 1 aliphatic rings. The van der Waals surface area contributed by atoms with E-state index in [1.165, 1.54) is 28.8 Å². The van der Waals surface area contributed by atoms with Crippen molar-refractivity contribution in [2.45, 2.75) is 63.3 Å². The standard InChI is InChI=1S/C34H48N6O8S/c1-23-18-40(24(2)21-41)33(42)29-17-27(37-34(43)36-26-10-13-28(46-6)14-11-26)12-15-30(29)48-25(3)9-7-8-16-47-31(23)19-39(5)49(44,45)32-20-38(4)22-35-32/h10-15,17,20,22-25,31,41H,7-9,16,18-19,21H2,1-6H3,(H2,36,37,43)/t23-,24+,25+,31+/m0/s1. The Kier molecular flexibility index (Phi) is 13.0. The fourth-order valence-corrected chi connectivity index (χ4v) is 6.61. The van der Waals surface area contributed by atoms with E-state index in [0.29, 0.717) is 35.9 Å². The third kappa shape index (κ3) is 9.94. The predicted octanol–water partition coefficient (Wildman–Crippen LogP) is 4.19. The molecule has 0 aliphatic carbocycles. The summed E-state index contributed by atoms with van der Waals surface area (Å²) in [6.07, 6.45) is 4.26. The Labute approximate surface area is 288 Å². The number of ether oxygens (including phenoxy) is 3. The highest BCUT2D eigenvalue weighted by Gasteiger charge is 2.33. The molecule has 4 atom stereocenters. The highest BCUT2D eigenvalue weighted by Crippen LogP contribution is 2.29. The number of fused-ring (bicyclic) bond motifs is 1. The number of methoxy groups -OCH3 is 1. The van der Waals surface area contributed by atoms with Crippen molar-refractivity contribution >= 4 is 33.3 Å². The molecule has 268 valence electrons. The van der Waals surface area contributed by atoms with Crippen LogP contribution in [0.1, 0.15) is 50.4 Å². The molecule has 0 saturated carbocycles. The van der Waals surface area contributed by atoms with Gasteiger partial charge in [0.1, 0.15) is 11.5 Å². The van der Waals surface area contributed by atoms with E-state index < -0.39 is 34.1 Å². The Bertz CT molecular complexity index is 1660. The van der Waals surface area contributed by atoms with Crippen LogP contribution < -0.4 is 20.1 Å². The van der Waals surface area contributed by atoms with Crippen LogP contribution >= 0.6 is 0 Å². The molecular formula is C34H48N6O8S. The number of sulfonamides is 1. The summed E-state index contributed by atoms with van der Waals surface area (Å²) in [6.45, 7) is 5.81. The van der Waals surface area contributed by atoms with Gasteiger partial charge in [0.05, 0.1) is 43.9 Å². The number of nitrogens with zero attached hydrogens (tertiary/aromatic N) is 4. The van der Waals surface area contributed by atoms with Crippen LogP contribution in [0.4, 0.5) is 16.2 Å². The van der Waals surface area contributed by atoms with Crippen LogP contribution in [0.2, 0.25) is 0 Å². The molecule has 0 fully saturated rings. The van der Waals surface area contributed by atoms with Crippen molar-refractivity contribution in [3.63, 3.8) is 0 Å². The first-order chi connectivity index (χ1) is 23.3. The zero-order valence-corrected chi connectivity index (χ0v) is 29.8. The summed E-state index contributed by atoms with van der Waals surface area (Å²) >= 11 is 0. The van der Waals surface area contributed by atoms with Gasteiger partial charge in [0.25, 0.3) is 15.9 Å². The lowest BCUT2D eigenvalue weighted by atomic mass is 10.0. The van der Waals surface area contributed by atoms with Crippen molar-refractivity contribution < 1.29 is 37.3 Å². The van der Waals surface area contributed by atoms with E-state index in [1.54, 1.807) is 68.1 Å². The number of aliphatic hydroxyl groups excluding tert-OH is 1. The molecule has 0 radical (unpaired) electrons. The van der Waals surface area contributed by atoms with Gasteiger partial charge in [0.15, 0.2) is 5.03 Å². The monoisotopic (exact) mass is 700 g/mol. The topological polar surface area (TPSA) is 165 Å². The molecule has 3 N–H and O–H groups in total. The molecule has 4 rings (SSSR count). The maximum absolute atomic E-state index is 14.4. The fourth-order valence-electron chi connectivity index (χ4n) is 5.46. The van der Waals surface area contributed by atoms with Crippen molar-refractivity contribution in [1.29, 1.82) is 0 Å². The minimum Gasteiger partial charge on any atom is -0.497 e. The summed E-state index contributed by atoms with van der Waals surface area (Å²) in [4.78, 5) is 32.8. The second kappa shape index (κ2) is 17.0. The number of nitrogens with one attached hydrogen (secondary N) is 2. The second-order valence-electron chi connectivity index (χ2n) is 12.5. The van der Waals surface area contributed by atoms with Gasteiger partial charge in [-0.3, -0.25) is 4.79 Å². The zero-order valence-electron chi connectivity index (χ0n) is 29.0. The highest BCUT2D eigenvalue weighted by molar-refractivity contribution is 7.89. The molecule has 1 aromatic heterocycles. The summed E-state index contributed by atoms with van der Waals surface area (Å²) in [5.74, 6) is 0.245. The first kappa shape index (κ1) is 37.6. The summed E-state index contributed by atoms with van der Waals surface area (Å²) in [5, 5.41) is 15.7. The van der Waals surface area contributed by atoms with Gasteiger partial charge in [-0.05, 0) is 75.6 Å². The molecule has 2 aromatic carbocycles. The van der Waals surface area contributed by atoms with E-state index in [1.807, 2.05) is 13.8 Å². The van der Waals surface area contributed by atoms with E-state index in [4.69, 9.17) is 14.2 Å². The number of urea groups is 1. The van der Waals surface area contributed by atoms with Gasteiger partial charge in [-0.2, -0.15) is 4.31 Å². The number of hydrogen-bond donors (Lipinski definition) is 3. The number of imidazole rings is 1. The maximum Gasteiger partial charge on any atom is 0.323 e. The summed E-state index contributed by atoms with van der Waals surface area (Å²) in [6, 6.07) is 10.6. The van der Waals surface area contributed by atoms with E-state index >= 15 is 0 Å². The van der Waals surface area contributed by atoms with Crippen molar-refractivity contribution in [1.82, 2.24) is 18.8 Å². The highest BCUT2D eigenvalue weighted by atomic mass is 32.2. The molecule has 3 aromatic rings. The molecule has 49 heavy (non-hydrogen) atoms. The normalized spacial score (nSPS) is 20.1. The third-order valence-corrected chi connectivity index (χ3v) is 10.2. The Morgan fingerprint density at radius 3 is 2.49 bits per heavy atom. The summed E-state index contributed by atoms with van der Waals surface area (Å²) in [7, 11) is 0.848. The van der Waals surface area contributed by atoms with E-state index in [2.05, 4.69) is 15.6 Å². The molecule has 3 amide bonds. The lowest BCUT2D eigenvalue weighted by molar-refractivity contribution is -0.00835. The number of rotatable bonds is 9. The SMILES string of the molecule is COc1ccc(NC(=O)Nc2ccc3c(c2)C(=O)N([C@H](C)CO)C[C@H](C)[C@@H](CN(C)S(=O)(=O)c2cn(C)cn2)OCCCC[C@@H](C)O3)cc1. The van der Waals surface area contributed by atoms with Gasteiger partial charge in [0, 0.05) is 57.3 Å². The minimum absolute atomic E-state index is 0.0308. The molecule has 2 heterocycles. The largest absolute Gasteiger partial charge is 0.497 e. The Hall–Kier alpha value is -4.18. The summed E-state index contributed by atoms with van der Waals surface area (Å²) < 4.78 is 47.1. The molecule has 15 heteroatoms. The van der Waals surface area contributed by atoms with Gasteiger partial charge in [-0.25, -0.2) is 18.2 Å². The number of hydrogen-bond acceptors (Lipinski definition) is 9. The van der Waals surface area contributed by atoms with Gasteiger partial charge in [0.2, 0.25) is 0 Å². The van der Waals surface area contributed by atoms with Gasteiger partial charge in [-0.1, -0.05) is 6.92 Å². The van der Waals surface area contributed by atoms with Crippen LogP contribution in [0.15, 0.2) is 60.0 Å². The van der Waals surface area contributed by atoms with Crippen LogP contribution in [0, 0.1) is 5.92 Å². The lowest BCUT2D eigenvalue weighted by Crippen LogP contribution is -2.48. The number of aromatic nitrogens is 2. The van der Waals surface area contributed by atoms with Crippen LogP contribution in [0.3, 0.4) is 0 Å². The first-order valence-corrected chi connectivity index (χ1v) is 17.8. The first-order valence-electron chi connectivity index (χ1n) is 16.3. The Morgan fingerprint density at radius 1 is 1.14 bits per heavy atom. The lowest BCUT2D eigenvalue weighted by Gasteiger charge is -2.35. The smallest absolute Gasteiger partial charge is 0.323 e. The Balaban J connectivity index is 1.61. The van der Waals surface area contributed by atoms with Crippen LogP contribution in [0.5, 0.6) is 11.5 Å². The molecule has 1 aliphatic heterocycles. The number of aryl methyl sites for hydroxylation is 1. The number of anilines is 2. The molecular weight excluding hydrogens is 652 g/mol.